The molecular weight excluding hydrogens is 508 g/mol. The Bertz CT molecular complexity index is 881. The van der Waals surface area contributed by atoms with E-state index < -0.39 is 29.4 Å². The number of halogens is 1. The van der Waals surface area contributed by atoms with E-state index in [1.165, 1.54) is 0 Å². The standard InChI is InChI=1S/C28H49ClN4O5/c1-18(2)21(26(35)32-17-28(5,6)27(31)36)14-24(34)23(30)16-33(19(3)4)15-20-9-10-22(29)25(13-20)38-12-8-11-37-7/h9-10,13,18-19,21,23-24,34H,8,11-12,14-17,30H2,1-7H3,(H2,31,36)(H,32,35)/t21-,23-,24-/m0/s1. The molecule has 1 aromatic rings. The predicted molar refractivity (Wildman–Crippen MR) is 152 cm³/mol. The third-order valence-corrected chi connectivity index (χ3v) is 7.12. The van der Waals surface area contributed by atoms with Gasteiger partial charge in [-0.3, -0.25) is 14.5 Å². The van der Waals surface area contributed by atoms with Crippen molar-refractivity contribution in [2.45, 2.75) is 79.1 Å². The number of primary amides is 1. The van der Waals surface area contributed by atoms with Crippen LogP contribution >= 0.6 is 11.6 Å². The first-order valence-electron chi connectivity index (χ1n) is 13.3. The zero-order chi connectivity index (χ0) is 29.0. The second kappa shape index (κ2) is 16.3. The molecule has 0 radical (unpaired) electrons. The summed E-state index contributed by atoms with van der Waals surface area (Å²) >= 11 is 6.32. The molecule has 0 saturated heterocycles. The number of hydrogen-bond acceptors (Lipinski definition) is 7. The van der Waals surface area contributed by atoms with Gasteiger partial charge in [-0.25, -0.2) is 0 Å². The van der Waals surface area contributed by atoms with E-state index in [9.17, 15) is 14.7 Å². The fourth-order valence-electron chi connectivity index (χ4n) is 3.87. The average molecular weight is 557 g/mol. The maximum Gasteiger partial charge on any atom is 0.224 e. The highest BCUT2D eigenvalue weighted by Crippen LogP contribution is 2.27. The van der Waals surface area contributed by atoms with Gasteiger partial charge in [0.1, 0.15) is 5.75 Å². The van der Waals surface area contributed by atoms with Crippen molar-refractivity contribution in [1.29, 1.82) is 0 Å². The third kappa shape index (κ3) is 11.5. The van der Waals surface area contributed by atoms with E-state index in [0.29, 0.717) is 37.1 Å². The molecule has 0 aromatic heterocycles. The van der Waals surface area contributed by atoms with E-state index >= 15 is 0 Å². The molecule has 6 N–H and O–H groups in total. The Hall–Kier alpha value is -1.91. The molecule has 0 unspecified atom stereocenters. The van der Waals surface area contributed by atoms with Crippen molar-refractivity contribution in [2.75, 3.05) is 33.4 Å². The largest absolute Gasteiger partial charge is 0.492 e. The number of nitrogens with zero attached hydrogens (tertiary/aromatic N) is 1. The quantitative estimate of drug-likeness (QED) is 0.204. The van der Waals surface area contributed by atoms with Gasteiger partial charge in [0.05, 0.1) is 23.1 Å². The summed E-state index contributed by atoms with van der Waals surface area (Å²) in [5.41, 5.74) is 12.0. The molecule has 0 aliphatic rings. The second-order valence-electron chi connectivity index (χ2n) is 11.3. The molecular formula is C28H49ClN4O5. The SMILES string of the molecule is COCCCOc1cc(CN(C[C@H](N)[C@@H](O)C[C@H](C(=O)NCC(C)(C)C(N)=O)C(C)C)C(C)C)ccc1Cl. The van der Waals surface area contributed by atoms with E-state index in [0.717, 1.165) is 12.0 Å². The molecule has 1 rings (SSSR count). The molecule has 0 bridgehead atoms. The fraction of sp³-hybridized carbons (Fsp3) is 0.714. The first-order valence-corrected chi connectivity index (χ1v) is 13.7. The number of nitrogens with two attached hydrogens (primary N) is 2. The zero-order valence-electron chi connectivity index (χ0n) is 24.1. The smallest absolute Gasteiger partial charge is 0.224 e. The monoisotopic (exact) mass is 556 g/mol. The Morgan fingerprint density at radius 2 is 1.84 bits per heavy atom. The number of rotatable bonds is 18. The fourth-order valence-corrected chi connectivity index (χ4v) is 4.04. The average Bonchev–Trinajstić information content (AvgIpc) is 2.84. The summed E-state index contributed by atoms with van der Waals surface area (Å²) in [5.74, 6) is -0.563. The molecule has 0 fully saturated rings. The van der Waals surface area contributed by atoms with Gasteiger partial charge in [-0.15, -0.1) is 0 Å². The van der Waals surface area contributed by atoms with E-state index in [1.54, 1.807) is 21.0 Å². The summed E-state index contributed by atoms with van der Waals surface area (Å²) in [7, 11) is 1.65. The first-order chi connectivity index (χ1) is 17.7. The van der Waals surface area contributed by atoms with Gasteiger partial charge in [0.25, 0.3) is 0 Å². The van der Waals surface area contributed by atoms with Crippen LogP contribution in [0.3, 0.4) is 0 Å². The van der Waals surface area contributed by atoms with Crippen LogP contribution in [0, 0.1) is 17.3 Å². The minimum absolute atomic E-state index is 0.0221. The minimum atomic E-state index is -0.886. The molecule has 38 heavy (non-hydrogen) atoms. The van der Waals surface area contributed by atoms with Crippen LogP contribution in [0.15, 0.2) is 18.2 Å². The molecule has 3 atom stereocenters. The van der Waals surface area contributed by atoms with Crippen molar-refractivity contribution in [3.05, 3.63) is 28.8 Å². The van der Waals surface area contributed by atoms with E-state index in [1.807, 2.05) is 32.0 Å². The number of aliphatic hydroxyl groups is 1. The van der Waals surface area contributed by atoms with Crippen LogP contribution in [-0.4, -0.2) is 73.4 Å². The normalized spacial score (nSPS) is 14.6. The summed E-state index contributed by atoms with van der Waals surface area (Å²) in [6, 6.07) is 5.30. The highest BCUT2D eigenvalue weighted by Gasteiger charge is 2.31. The molecule has 0 aliphatic heterocycles. The number of amides is 2. The third-order valence-electron chi connectivity index (χ3n) is 6.81. The topological polar surface area (TPSA) is 140 Å². The van der Waals surface area contributed by atoms with Crippen molar-refractivity contribution in [3.63, 3.8) is 0 Å². The Morgan fingerprint density at radius 1 is 1.18 bits per heavy atom. The van der Waals surface area contributed by atoms with Crippen molar-refractivity contribution in [3.8, 4) is 5.75 Å². The van der Waals surface area contributed by atoms with E-state index in [2.05, 4.69) is 24.1 Å². The zero-order valence-corrected chi connectivity index (χ0v) is 24.9. The highest BCUT2D eigenvalue weighted by molar-refractivity contribution is 6.32. The van der Waals surface area contributed by atoms with E-state index in [-0.39, 0.29) is 30.8 Å². The van der Waals surface area contributed by atoms with Crippen LogP contribution in [0.2, 0.25) is 5.02 Å². The van der Waals surface area contributed by atoms with Gasteiger partial charge in [-0.05, 0) is 57.7 Å². The lowest BCUT2D eigenvalue weighted by atomic mass is 9.86. The molecule has 1 aromatic carbocycles. The second-order valence-corrected chi connectivity index (χ2v) is 11.7. The Kier molecular flexibility index (Phi) is 14.6. The lowest BCUT2D eigenvalue weighted by Crippen LogP contribution is -2.49. The first kappa shape index (κ1) is 34.1. The molecule has 9 nitrogen and oxygen atoms in total. The molecule has 218 valence electrons. The molecule has 0 spiro atoms. The highest BCUT2D eigenvalue weighted by atomic mass is 35.5. The molecule has 10 heteroatoms. The number of carbonyl (C=O) groups excluding carboxylic acids is 2. The summed E-state index contributed by atoms with van der Waals surface area (Å²) in [6.07, 6.45) is 0.0947. The van der Waals surface area contributed by atoms with Crippen LogP contribution in [0.5, 0.6) is 5.75 Å². The van der Waals surface area contributed by atoms with Gasteiger partial charge in [0.15, 0.2) is 0 Å². The maximum absolute atomic E-state index is 12.9. The van der Waals surface area contributed by atoms with Crippen molar-refractivity contribution >= 4 is 23.4 Å². The number of hydrogen-bond donors (Lipinski definition) is 4. The number of nitrogens with one attached hydrogen (secondary N) is 1. The van der Waals surface area contributed by atoms with Crippen LogP contribution < -0.4 is 21.5 Å². The Labute approximate surface area is 233 Å². The number of ether oxygens (including phenoxy) is 2. The molecule has 0 saturated carbocycles. The summed E-state index contributed by atoms with van der Waals surface area (Å²) in [6.45, 7) is 13.7. The summed E-state index contributed by atoms with van der Waals surface area (Å²) < 4.78 is 10.9. The van der Waals surface area contributed by atoms with Gasteiger partial charge in [-0.1, -0.05) is 31.5 Å². The molecule has 0 aliphatic carbocycles. The molecule has 2 amide bonds. The van der Waals surface area contributed by atoms with Gasteiger partial charge in [0, 0.05) is 57.8 Å². The van der Waals surface area contributed by atoms with Gasteiger partial charge < -0.3 is 31.4 Å². The van der Waals surface area contributed by atoms with Crippen LogP contribution in [0.25, 0.3) is 0 Å². The van der Waals surface area contributed by atoms with Gasteiger partial charge in [-0.2, -0.15) is 0 Å². The summed E-state index contributed by atoms with van der Waals surface area (Å²) in [5, 5.41) is 14.3. The number of aliphatic hydroxyl groups excluding tert-OH is 1. The lowest BCUT2D eigenvalue weighted by Gasteiger charge is -2.33. The summed E-state index contributed by atoms with van der Waals surface area (Å²) in [4.78, 5) is 26.7. The van der Waals surface area contributed by atoms with Gasteiger partial charge in [0.2, 0.25) is 11.8 Å². The Balaban J connectivity index is 2.82. The van der Waals surface area contributed by atoms with Crippen molar-refractivity contribution in [2.24, 2.45) is 28.7 Å². The Morgan fingerprint density at radius 3 is 2.39 bits per heavy atom. The maximum atomic E-state index is 12.9. The van der Waals surface area contributed by atoms with Gasteiger partial charge >= 0.3 is 0 Å². The molecule has 0 heterocycles. The number of carbonyl (C=O) groups is 2. The number of benzene rings is 1. The predicted octanol–water partition coefficient (Wildman–Crippen LogP) is 2.94. The van der Waals surface area contributed by atoms with Crippen molar-refractivity contribution in [1.82, 2.24) is 10.2 Å². The van der Waals surface area contributed by atoms with Crippen molar-refractivity contribution < 1.29 is 24.2 Å². The van der Waals surface area contributed by atoms with Crippen LogP contribution in [0.4, 0.5) is 0 Å². The lowest BCUT2D eigenvalue weighted by molar-refractivity contribution is -0.130. The minimum Gasteiger partial charge on any atom is -0.492 e. The van der Waals surface area contributed by atoms with E-state index in [4.69, 9.17) is 32.5 Å². The van der Waals surface area contributed by atoms with Crippen LogP contribution in [-0.2, 0) is 20.9 Å². The number of methoxy groups -OCH3 is 1. The van der Waals surface area contributed by atoms with Crippen LogP contribution in [0.1, 0.15) is 59.9 Å².